The number of pyridine rings is 1. The third-order valence-electron chi connectivity index (χ3n) is 1.57. The van der Waals surface area contributed by atoms with Gasteiger partial charge in [-0.1, -0.05) is 11.6 Å². The van der Waals surface area contributed by atoms with Crippen molar-refractivity contribution in [3.05, 3.63) is 22.8 Å². The third-order valence-corrected chi connectivity index (χ3v) is 1.84. The van der Waals surface area contributed by atoms with Crippen molar-refractivity contribution >= 4 is 23.8 Å². The van der Waals surface area contributed by atoms with Gasteiger partial charge in [-0.15, -0.1) is 0 Å². The Labute approximate surface area is 94.9 Å². The summed E-state index contributed by atoms with van der Waals surface area (Å²) in [5.41, 5.74) is -0.909. The molecule has 0 N–H and O–H groups in total. The van der Waals surface area contributed by atoms with Crippen molar-refractivity contribution in [3.63, 3.8) is 0 Å². The predicted octanol–water partition coefficient (Wildman–Crippen LogP) is 3.45. The number of aliphatic imine (C=N–C) groups is 1. The summed E-state index contributed by atoms with van der Waals surface area (Å²) in [5.74, 6) is -0.0110. The fourth-order valence-corrected chi connectivity index (χ4v) is 1.06. The van der Waals surface area contributed by atoms with Crippen LogP contribution in [0.4, 0.5) is 19.0 Å². The quantitative estimate of drug-likeness (QED) is 0.610. The van der Waals surface area contributed by atoms with Gasteiger partial charge in [0.05, 0.1) is 17.2 Å². The second-order valence-corrected chi connectivity index (χ2v) is 3.12. The van der Waals surface area contributed by atoms with E-state index in [0.717, 1.165) is 12.5 Å². The smallest absolute Gasteiger partial charge is 0.417 e. The highest BCUT2D eigenvalue weighted by Gasteiger charge is 2.31. The largest absolute Gasteiger partial charge is 0.483 e. The standard InChI is InChI=1S/C9H8ClF3N2O/c1-2-16-5-15-8-7(10)3-6(4-14-8)9(11,12)13/h3-5H,2H2,1H3/b15-5+. The topological polar surface area (TPSA) is 34.5 Å². The van der Waals surface area contributed by atoms with Gasteiger partial charge in [-0.25, -0.2) is 4.98 Å². The Balaban J connectivity index is 2.92. The van der Waals surface area contributed by atoms with Crippen molar-refractivity contribution < 1.29 is 17.9 Å². The van der Waals surface area contributed by atoms with Crippen LogP contribution in [-0.2, 0) is 10.9 Å². The van der Waals surface area contributed by atoms with E-state index in [4.69, 9.17) is 16.3 Å². The number of hydrogen-bond donors (Lipinski definition) is 0. The summed E-state index contributed by atoms with van der Waals surface area (Å²) in [5, 5.41) is -0.175. The van der Waals surface area contributed by atoms with Crippen LogP contribution in [0.1, 0.15) is 12.5 Å². The molecule has 1 heterocycles. The Morgan fingerprint density at radius 3 is 2.75 bits per heavy atom. The molecule has 0 atom stereocenters. The summed E-state index contributed by atoms with van der Waals surface area (Å²) in [6.07, 6.45) is -2.70. The van der Waals surface area contributed by atoms with Crippen molar-refractivity contribution in [1.29, 1.82) is 0 Å². The molecule has 0 saturated carbocycles. The molecule has 16 heavy (non-hydrogen) atoms. The zero-order valence-corrected chi connectivity index (χ0v) is 9.01. The van der Waals surface area contributed by atoms with E-state index in [1.165, 1.54) is 0 Å². The SMILES string of the molecule is CCO/C=N/c1ncc(C(F)(F)F)cc1Cl. The summed E-state index contributed by atoms with van der Waals surface area (Å²) in [6, 6.07) is 0.771. The first-order valence-corrected chi connectivity index (χ1v) is 4.70. The van der Waals surface area contributed by atoms with E-state index in [1.807, 2.05) is 0 Å². The van der Waals surface area contributed by atoms with Crippen molar-refractivity contribution in [2.75, 3.05) is 6.61 Å². The fourth-order valence-electron chi connectivity index (χ4n) is 0.842. The highest BCUT2D eigenvalue weighted by atomic mass is 35.5. The van der Waals surface area contributed by atoms with Crippen molar-refractivity contribution in [3.8, 4) is 0 Å². The highest BCUT2D eigenvalue weighted by Crippen LogP contribution is 2.32. The van der Waals surface area contributed by atoms with Crippen LogP contribution in [0.2, 0.25) is 5.02 Å². The third kappa shape index (κ3) is 3.37. The van der Waals surface area contributed by atoms with Gasteiger partial charge >= 0.3 is 6.18 Å². The van der Waals surface area contributed by atoms with Crippen LogP contribution in [0.15, 0.2) is 17.3 Å². The van der Waals surface area contributed by atoms with E-state index in [0.29, 0.717) is 12.8 Å². The molecular weight excluding hydrogens is 245 g/mol. The number of halogens is 4. The van der Waals surface area contributed by atoms with Gasteiger partial charge in [-0.05, 0) is 13.0 Å². The van der Waals surface area contributed by atoms with E-state index < -0.39 is 11.7 Å². The molecular formula is C9H8ClF3N2O. The molecule has 0 saturated heterocycles. The number of alkyl halides is 3. The zero-order chi connectivity index (χ0) is 12.2. The van der Waals surface area contributed by atoms with E-state index in [-0.39, 0.29) is 10.8 Å². The van der Waals surface area contributed by atoms with Crippen LogP contribution >= 0.6 is 11.6 Å². The van der Waals surface area contributed by atoms with Crippen molar-refractivity contribution in [2.45, 2.75) is 13.1 Å². The maximum atomic E-state index is 12.2. The first kappa shape index (κ1) is 12.8. The molecule has 3 nitrogen and oxygen atoms in total. The second kappa shape index (κ2) is 5.16. The number of rotatable bonds is 3. The summed E-state index contributed by atoms with van der Waals surface area (Å²) >= 11 is 5.58. The highest BCUT2D eigenvalue weighted by molar-refractivity contribution is 6.32. The summed E-state index contributed by atoms with van der Waals surface area (Å²) in [7, 11) is 0. The van der Waals surface area contributed by atoms with Gasteiger partial charge < -0.3 is 4.74 Å². The molecule has 1 aromatic rings. The molecule has 0 aliphatic heterocycles. The van der Waals surface area contributed by atoms with Gasteiger partial charge in [0.25, 0.3) is 0 Å². The van der Waals surface area contributed by atoms with Crippen LogP contribution in [-0.4, -0.2) is 18.0 Å². The number of aromatic nitrogens is 1. The van der Waals surface area contributed by atoms with Gasteiger partial charge in [-0.2, -0.15) is 18.2 Å². The van der Waals surface area contributed by atoms with E-state index in [2.05, 4.69) is 9.98 Å². The van der Waals surface area contributed by atoms with Crippen LogP contribution in [0.5, 0.6) is 0 Å². The van der Waals surface area contributed by atoms with Crippen LogP contribution in [0, 0.1) is 0 Å². The molecule has 0 unspecified atom stereocenters. The Kier molecular flexibility index (Phi) is 4.12. The first-order valence-electron chi connectivity index (χ1n) is 4.32. The monoisotopic (exact) mass is 252 g/mol. The molecule has 0 aliphatic rings. The molecule has 1 aromatic heterocycles. The Morgan fingerprint density at radius 1 is 1.56 bits per heavy atom. The average molecular weight is 253 g/mol. The van der Waals surface area contributed by atoms with Gasteiger partial charge in [0, 0.05) is 6.20 Å². The first-order chi connectivity index (χ1) is 7.45. The molecule has 0 spiro atoms. The molecule has 7 heteroatoms. The summed E-state index contributed by atoms with van der Waals surface area (Å²) in [6.45, 7) is 2.15. The summed E-state index contributed by atoms with van der Waals surface area (Å²) in [4.78, 5) is 7.15. The molecule has 0 aliphatic carbocycles. The maximum Gasteiger partial charge on any atom is 0.417 e. The number of hydrogen-bond acceptors (Lipinski definition) is 3. The van der Waals surface area contributed by atoms with E-state index in [9.17, 15) is 13.2 Å². The van der Waals surface area contributed by atoms with Crippen LogP contribution in [0.25, 0.3) is 0 Å². The van der Waals surface area contributed by atoms with Gasteiger partial charge in [-0.3, -0.25) is 0 Å². The predicted molar refractivity (Wildman–Crippen MR) is 54.0 cm³/mol. The molecule has 88 valence electrons. The fraction of sp³-hybridized carbons (Fsp3) is 0.333. The van der Waals surface area contributed by atoms with E-state index in [1.54, 1.807) is 6.92 Å². The van der Waals surface area contributed by atoms with Crippen molar-refractivity contribution in [2.24, 2.45) is 4.99 Å². The molecule has 0 bridgehead atoms. The number of nitrogens with zero attached hydrogens (tertiary/aromatic N) is 2. The lowest BCUT2D eigenvalue weighted by Crippen LogP contribution is -2.05. The minimum Gasteiger partial charge on any atom is -0.483 e. The molecule has 0 fully saturated rings. The Morgan fingerprint density at radius 2 is 2.25 bits per heavy atom. The van der Waals surface area contributed by atoms with Gasteiger partial charge in [0.1, 0.15) is 0 Å². The zero-order valence-electron chi connectivity index (χ0n) is 8.25. The molecule has 0 amide bonds. The normalized spacial score (nSPS) is 12.1. The van der Waals surface area contributed by atoms with Gasteiger partial charge in [0.2, 0.25) is 0 Å². The summed E-state index contributed by atoms with van der Waals surface area (Å²) < 4.78 is 41.5. The molecule has 0 radical (unpaired) electrons. The lowest BCUT2D eigenvalue weighted by atomic mass is 10.3. The van der Waals surface area contributed by atoms with Crippen LogP contribution in [0.3, 0.4) is 0 Å². The molecule has 1 rings (SSSR count). The lowest BCUT2D eigenvalue weighted by molar-refractivity contribution is -0.137. The number of ether oxygens (including phenoxy) is 1. The lowest BCUT2D eigenvalue weighted by Gasteiger charge is -2.06. The van der Waals surface area contributed by atoms with Gasteiger partial charge in [0.15, 0.2) is 12.2 Å². The average Bonchev–Trinajstić information content (AvgIpc) is 2.19. The Hall–Kier alpha value is -1.30. The molecule has 0 aromatic carbocycles. The maximum absolute atomic E-state index is 12.2. The minimum atomic E-state index is -4.46. The van der Waals surface area contributed by atoms with E-state index >= 15 is 0 Å². The van der Waals surface area contributed by atoms with Crippen LogP contribution < -0.4 is 0 Å². The Bertz CT molecular complexity index is 393. The second-order valence-electron chi connectivity index (χ2n) is 2.72. The minimum absolute atomic E-state index is 0.0110. The van der Waals surface area contributed by atoms with Crippen molar-refractivity contribution in [1.82, 2.24) is 4.98 Å².